The monoisotopic (exact) mass is 414 g/mol. The van der Waals surface area contributed by atoms with Gasteiger partial charge in [-0.15, -0.1) is 0 Å². The minimum absolute atomic E-state index is 1.14. The van der Waals surface area contributed by atoms with Crippen LogP contribution in [0.2, 0.25) is 0 Å². The van der Waals surface area contributed by atoms with Crippen molar-refractivity contribution in [3.63, 3.8) is 0 Å². The van der Waals surface area contributed by atoms with Crippen molar-refractivity contribution in [3.05, 3.63) is 48.6 Å². The summed E-state index contributed by atoms with van der Waals surface area (Å²) in [6.45, 7) is 12.8. The lowest BCUT2D eigenvalue weighted by Crippen LogP contribution is -1.84. The predicted molar refractivity (Wildman–Crippen MR) is 140 cm³/mol. The Kier molecular flexibility index (Phi) is 23.4. The molecule has 30 heavy (non-hydrogen) atoms. The third-order valence-corrected chi connectivity index (χ3v) is 6.07. The van der Waals surface area contributed by atoms with Crippen LogP contribution in [0.15, 0.2) is 48.6 Å². The molecule has 0 heterocycles. The third-order valence-electron chi connectivity index (χ3n) is 6.07. The Morgan fingerprint density at radius 2 is 0.967 bits per heavy atom. The van der Waals surface area contributed by atoms with Gasteiger partial charge in [0.1, 0.15) is 0 Å². The molecular formula is C30H54. The van der Waals surface area contributed by atoms with E-state index in [1.165, 1.54) is 127 Å². The van der Waals surface area contributed by atoms with Gasteiger partial charge in [-0.05, 0) is 31.3 Å². The Morgan fingerprint density at radius 3 is 1.40 bits per heavy atom. The average Bonchev–Trinajstić information content (AvgIpc) is 2.75. The van der Waals surface area contributed by atoms with E-state index in [1.54, 1.807) is 0 Å². The summed E-state index contributed by atoms with van der Waals surface area (Å²) in [6, 6.07) is 0. The standard InChI is InChI=1S/C30H54/c1-5-8-10-12-14-16-17-19-21-23-27-30(7-3)28-24-26-29(4)25-22-20-18-15-13-11-9-6-2/h7,24,26,28H,3-6,8-23,25,27H2,1-2H3. The zero-order valence-electron chi connectivity index (χ0n) is 20.9. The van der Waals surface area contributed by atoms with Gasteiger partial charge in [-0.25, -0.2) is 0 Å². The van der Waals surface area contributed by atoms with Crippen molar-refractivity contribution in [2.75, 3.05) is 0 Å². The Morgan fingerprint density at radius 1 is 0.567 bits per heavy atom. The van der Waals surface area contributed by atoms with Gasteiger partial charge in [-0.1, -0.05) is 160 Å². The molecule has 0 N–H and O–H groups in total. The summed E-state index contributed by atoms with van der Waals surface area (Å²) in [5.74, 6) is 0. The van der Waals surface area contributed by atoms with Gasteiger partial charge in [0.15, 0.2) is 0 Å². The van der Waals surface area contributed by atoms with E-state index in [-0.39, 0.29) is 0 Å². The SMILES string of the molecule is C=CC(=CC=CC(=C)CCCCCCCCCC)CCCCCCCCCCCC. The summed E-state index contributed by atoms with van der Waals surface area (Å²) in [7, 11) is 0. The molecule has 0 aliphatic rings. The Hall–Kier alpha value is -1.04. The Balaban J connectivity index is 3.68. The summed E-state index contributed by atoms with van der Waals surface area (Å²) in [5, 5.41) is 0. The van der Waals surface area contributed by atoms with Crippen molar-refractivity contribution in [2.45, 2.75) is 142 Å². The smallest absolute Gasteiger partial charge is 0.0279 e. The minimum atomic E-state index is 1.14. The molecule has 0 spiro atoms. The van der Waals surface area contributed by atoms with Gasteiger partial charge in [0.25, 0.3) is 0 Å². The second-order valence-corrected chi connectivity index (χ2v) is 9.12. The van der Waals surface area contributed by atoms with Crippen LogP contribution in [0.25, 0.3) is 0 Å². The number of hydrogen-bond donors (Lipinski definition) is 0. The lowest BCUT2D eigenvalue weighted by Gasteiger charge is -2.04. The lowest BCUT2D eigenvalue weighted by molar-refractivity contribution is 0.556. The van der Waals surface area contributed by atoms with Gasteiger partial charge in [0, 0.05) is 0 Å². The van der Waals surface area contributed by atoms with Crippen LogP contribution in [-0.2, 0) is 0 Å². The number of unbranched alkanes of at least 4 members (excludes halogenated alkanes) is 16. The van der Waals surface area contributed by atoms with Gasteiger partial charge in [0.2, 0.25) is 0 Å². The van der Waals surface area contributed by atoms with Crippen LogP contribution in [0.3, 0.4) is 0 Å². The fraction of sp³-hybridized carbons (Fsp3) is 0.733. The highest BCUT2D eigenvalue weighted by Crippen LogP contribution is 2.15. The molecule has 0 aliphatic carbocycles. The van der Waals surface area contributed by atoms with E-state index in [0.29, 0.717) is 0 Å². The molecule has 0 radical (unpaired) electrons. The third kappa shape index (κ3) is 21.7. The maximum absolute atomic E-state index is 4.22. The van der Waals surface area contributed by atoms with Crippen LogP contribution < -0.4 is 0 Å². The average molecular weight is 415 g/mol. The molecule has 0 nitrogen and oxygen atoms in total. The fourth-order valence-corrected chi connectivity index (χ4v) is 3.95. The quantitative estimate of drug-likeness (QED) is 0.115. The first-order valence-corrected chi connectivity index (χ1v) is 13.4. The first-order valence-electron chi connectivity index (χ1n) is 13.4. The van der Waals surface area contributed by atoms with E-state index in [9.17, 15) is 0 Å². The highest BCUT2D eigenvalue weighted by molar-refractivity contribution is 5.26. The van der Waals surface area contributed by atoms with E-state index < -0.39 is 0 Å². The first-order chi connectivity index (χ1) is 14.7. The molecule has 0 aromatic rings. The highest BCUT2D eigenvalue weighted by atomic mass is 14.0. The summed E-state index contributed by atoms with van der Waals surface area (Å²) in [5.41, 5.74) is 2.63. The first kappa shape index (κ1) is 29.0. The van der Waals surface area contributed by atoms with E-state index in [1.807, 2.05) is 6.08 Å². The van der Waals surface area contributed by atoms with Gasteiger partial charge in [-0.2, -0.15) is 0 Å². The van der Waals surface area contributed by atoms with E-state index >= 15 is 0 Å². The van der Waals surface area contributed by atoms with Crippen LogP contribution >= 0.6 is 0 Å². The topological polar surface area (TPSA) is 0 Å². The van der Waals surface area contributed by atoms with E-state index in [4.69, 9.17) is 0 Å². The van der Waals surface area contributed by atoms with Gasteiger partial charge >= 0.3 is 0 Å². The van der Waals surface area contributed by atoms with E-state index in [0.717, 1.165) is 12.8 Å². The minimum Gasteiger partial charge on any atom is -0.0988 e. The van der Waals surface area contributed by atoms with Crippen LogP contribution in [-0.4, -0.2) is 0 Å². The van der Waals surface area contributed by atoms with Crippen molar-refractivity contribution in [1.82, 2.24) is 0 Å². The molecule has 0 aromatic heterocycles. The molecule has 0 unspecified atom stereocenters. The molecule has 0 bridgehead atoms. The Labute approximate surface area is 191 Å². The predicted octanol–water partition coefficient (Wildman–Crippen LogP) is 11.1. The van der Waals surface area contributed by atoms with Crippen LogP contribution in [0.4, 0.5) is 0 Å². The Bertz CT molecular complexity index is 437. The normalized spacial score (nSPS) is 12.0. The molecule has 0 amide bonds. The van der Waals surface area contributed by atoms with Crippen LogP contribution in [0.5, 0.6) is 0 Å². The van der Waals surface area contributed by atoms with Crippen LogP contribution in [0, 0.1) is 0 Å². The zero-order valence-corrected chi connectivity index (χ0v) is 20.9. The molecule has 0 atom stereocenters. The number of hydrogen-bond acceptors (Lipinski definition) is 0. The maximum Gasteiger partial charge on any atom is -0.0279 e. The lowest BCUT2D eigenvalue weighted by atomic mass is 10.0. The van der Waals surface area contributed by atoms with Crippen molar-refractivity contribution in [1.29, 1.82) is 0 Å². The number of rotatable bonds is 23. The number of allylic oxidation sites excluding steroid dienone is 6. The molecule has 0 fully saturated rings. The molecule has 0 aromatic carbocycles. The van der Waals surface area contributed by atoms with Crippen molar-refractivity contribution in [2.24, 2.45) is 0 Å². The van der Waals surface area contributed by atoms with Gasteiger partial charge in [-0.3, -0.25) is 0 Å². The largest absolute Gasteiger partial charge is 0.0988 e. The van der Waals surface area contributed by atoms with Gasteiger partial charge < -0.3 is 0 Å². The van der Waals surface area contributed by atoms with Gasteiger partial charge in [0.05, 0.1) is 0 Å². The molecule has 0 heteroatoms. The maximum atomic E-state index is 4.22. The van der Waals surface area contributed by atoms with Crippen LogP contribution in [0.1, 0.15) is 142 Å². The summed E-state index contributed by atoms with van der Waals surface area (Å²) >= 11 is 0. The fourth-order valence-electron chi connectivity index (χ4n) is 3.95. The van der Waals surface area contributed by atoms with Crippen molar-refractivity contribution in [3.8, 4) is 0 Å². The molecule has 0 rings (SSSR count). The second-order valence-electron chi connectivity index (χ2n) is 9.12. The second kappa shape index (κ2) is 24.2. The molecule has 0 saturated heterocycles. The zero-order chi connectivity index (χ0) is 22.1. The highest BCUT2D eigenvalue weighted by Gasteiger charge is 1.96. The van der Waals surface area contributed by atoms with Crippen molar-refractivity contribution >= 4 is 0 Å². The molecule has 0 saturated carbocycles. The van der Waals surface area contributed by atoms with E-state index in [2.05, 4.69) is 45.2 Å². The molecule has 174 valence electrons. The summed E-state index contributed by atoms with van der Waals surface area (Å²) < 4.78 is 0. The molecule has 0 aliphatic heterocycles. The summed E-state index contributed by atoms with van der Waals surface area (Å²) in [6.07, 6.45) is 35.9. The molecular weight excluding hydrogens is 360 g/mol. The van der Waals surface area contributed by atoms with Crippen molar-refractivity contribution < 1.29 is 0 Å². The summed E-state index contributed by atoms with van der Waals surface area (Å²) in [4.78, 5) is 0.